The highest BCUT2D eigenvalue weighted by Crippen LogP contribution is 2.49. The summed E-state index contributed by atoms with van der Waals surface area (Å²) in [5.74, 6) is 4.07. The molecular formula is C26H39F. The first-order chi connectivity index (χ1) is 13.1. The largest absolute Gasteiger partial charge is 0.207 e. The lowest BCUT2D eigenvalue weighted by molar-refractivity contribution is 0.112. The van der Waals surface area contributed by atoms with Crippen molar-refractivity contribution in [2.75, 3.05) is 0 Å². The molecule has 3 aliphatic rings. The molecule has 0 amide bonds. The molecule has 0 N–H and O–H groups in total. The standard InChI is InChI=1S/C26H39F/c1-3-4-5-6-19-8-10-21-15-23(12-11-20(21)14-19)25-16-22-9-7-18(2)13-24(22)17-26(25)27/h16-21,23H,3-15H2,1-2H3. The lowest BCUT2D eigenvalue weighted by Gasteiger charge is -2.42. The molecule has 150 valence electrons. The van der Waals surface area contributed by atoms with Gasteiger partial charge < -0.3 is 0 Å². The normalized spacial score (nSPS) is 33.4. The summed E-state index contributed by atoms with van der Waals surface area (Å²) in [6.07, 6.45) is 17.2. The van der Waals surface area contributed by atoms with Crippen LogP contribution in [0.2, 0.25) is 0 Å². The Bertz CT molecular complexity index is 633. The molecule has 0 heterocycles. The van der Waals surface area contributed by atoms with Crippen molar-refractivity contribution < 1.29 is 4.39 Å². The molecule has 0 aliphatic heterocycles. The first-order valence-electron chi connectivity index (χ1n) is 11.9. The molecule has 0 nitrogen and oxygen atoms in total. The Kier molecular flexibility index (Phi) is 6.25. The molecule has 27 heavy (non-hydrogen) atoms. The lowest BCUT2D eigenvalue weighted by Crippen LogP contribution is -2.30. The molecular weight excluding hydrogens is 331 g/mol. The molecule has 0 spiro atoms. The van der Waals surface area contributed by atoms with Gasteiger partial charge in [0.15, 0.2) is 0 Å². The van der Waals surface area contributed by atoms with E-state index in [2.05, 4.69) is 19.9 Å². The molecule has 1 aromatic rings. The third kappa shape index (κ3) is 4.43. The number of rotatable bonds is 5. The number of unbranched alkanes of at least 4 members (excludes halogenated alkanes) is 2. The van der Waals surface area contributed by atoms with E-state index >= 15 is 0 Å². The van der Waals surface area contributed by atoms with E-state index in [1.807, 2.05) is 6.07 Å². The first-order valence-corrected chi connectivity index (χ1v) is 11.9. The number of hydrogen-bond donors (Lipinski definition) is 0. The summed E-state index contributed by atoms with van der Waals surface area (Å²) < 4.78 is 14.9. The number of halogens is 1. The van der Waals surface area contributed by atoms with E-state index in [4.69, 9.17) is 0 Å². The second-order valence-corrected chi connectivity index (χ2v) is 10.2. The molecule has 0 aromatic heterocycles. The molecule has 1 aromatic carbocycles. The Labute approximate surface area is 166 Å². The van der Waals surface area contributed by atoms with Crippen molar-refractivity contribution in [3.63, 3.8) is 0 Å². The van der Waals surface area contributed by atoms with Crippen LogP contribution in [0.3, 0.4) is 0 Å². The number of hydrogen-bond acceptors (Lipinski definition) is 0. The van der Waals surface area contributed by atoms with Gasteiger partial charge in [0, 0.05) is 0 Å². The van der Waals surface area contributed by atoms with Crippen LogP contribution in [0.4, 0.5) is 4.39 Å². The van der Waals surface area contributed by atoms with Crippen LogP contribution in [-0.4, -0.2) is 0 Å². The highest BCUT2D eigenvalue weighted by molar-refractivity contribution is 5.37. The van der Waals surface area contributed by atoms with Crippen LogP contribution in [0, 0.1) is 29.5 Å². The predicted octanol–water partition coefficient (Wildman–Crippen LogP) is 7.83. The van der Waals surface area contributed by atoms with Crippen LogP contribution in [-0.2, 0) is 12.8 Å². The maximum absolute atomic E-state index is 14.9. The van der Waals surface area contributed by atoms with Crippen molar-refractivity contribution in [3.8, 4) is 0 Å². The second kappa shape index (κ2) is 8.66. The summed E-state index contributed by atoms with van der Waals surface area (Å²) in [4.78, 5) is 0. The van der Waals surface area contributed by atoms with Gasteiger partial charge in [0.25, 0.3) is 0 Å². The molecule has 2 saturated carbocycles. The molecule has 5 atom stereocenters. The van der Waals surface area contributed by atoms with Gasteiger partial charge in [0.05, 0.1) is 0 Å². The smallest absolute Gasteiger partial charge is 0.126 e. The van der Waals surface area contributed by atoms with Gasteiger partial charge in [0.1, 0.15) is 5.82 Å². The zero-order valence-corrected chi connectivity index (χ0v) is 17.6. The van der Waals surface area contributed by atoms with Crippen LogP contribution in [0.1, 0.15) is 107 Å². The van der Waals surface area contributed by atoms with E-state index in [0.717, 1.165) is 36.2 Å². The van der Waals surface area contributed by atoms with E-state index in [0.29, 0.717) is 11.8 Å². The minimum Gasteiger partial charge on any atom is -0.207 e. The van der Waals surface area contributed by atoms with Gasteiger partial charge in [-0.1, -0.05) is 52.0 Å². The summed E-state index contributed by atoms with van der Waals surface area (Å²) in [5, 5.41) is 0. The highest BCUT2D eigenvalue weighted by Gasteiger charge is 2.36. The molecule has 0 bridgehead atoms. The molecule has 0 saturated heterocycles. The molecule has 3 aliphatic carbocycles. The monoisotopic (exact) mass is 370 g/mol. The Morgan fingerprint density at radius 1 is 0.926 bits per heavy atom. The molecule has 1 heteroatoms. The predicted molar refractivity (Wildman–Crippen MR) is 113 cm³/mol. The summed E-state index contributed by atoms with van der Waals surface area (Å²) in [6.45, 7) is 4.60. The van der Waals surface area contributed by atoms with Crippen molar-refractivity contribution in [3.05, 3.63) is 34.6 Å². The van der Waals surface area contributed by atoms with Gasteiger partial charge in [-0.15, -0.1) is 0 Å². The fourth-order valence-electron chi connectivity index (χ4n) is 6.51. The third-order valence-electron chi connectivity index (χ3n) is 8.17. The minimum atomic E-state index is 0.0968. The van der Waals surface area contributed by atoms with Gasteiger partial charge in [-0.05, 0) is 104 Å². The van der Waals surface area contributed by atoms with Crippen LogP contribution >= 0.6 is 0 Å². The van der Waals surface area contributed by atoms with Crippen LogP contribution in [0.25, 0.3) is 0 Å². The third-order valence-corrected chi connectivity index (χ3v) is 8.17. The second-order valence-electron chi connectivity index (χ2n) is 10.2. The zero-order valence-electron chi connectivity index (χ0n) is 17.6. The topological polar surface area (TPSA) is 0 Å². The Hall–Kier alpha value is -0.850. The van der Waals surface area contributed by atoms with E-state index in [9.17, 15) is 4.39 Å². The van der Waals surface area contributed by atoms with Crippen molar-refractivity contribution in [1.82, 2.24) is 0 Å². The van der Waals surface area contributed by atoms with Crippen LogP contribution < -0.4 is 0 Å². The van der Waals surface area contributed by atoms with Crippen LogP contribution in [0.15, 0.2) is 12.1 Å². The quantitative estimate of drug-likeness (QED) is 0.463. The number of fused-ring (bicyclic) bond motifs is 2. The Balaban J connectivity index is 1.39. The molecule has 2 fully saturated rings. The zero-order chi connectivity index (χ0) is 18.8. The Morgan fingerprint density at radius 3 is 2.59 bits per heavy atom. The van der Waals surface area contributed by atoms with E-state index in [1.165, 1.54) is 81.8 Å². The molecule has 0 radical (unpaired) electrons. The maximum atomic E-state index is 14.9. The summed E-state index contributed by atoms with van der Waals surface area (Å²) >= 11 is 0. The van der Waals surface area contributed by atoms with Crippen molar-refractivity contribution in [2.24, 2.45) is 23.7 Å². The molecule has 4 rings (SSSR count). The van der Waals surface area contributed by atoms with Crippen LogP contribution in [0.5, 0.6) is 0 Å². The minimum absolute atomic E-state index is 0.0968. The van der Waals surface area contributed by atoms with Crippen molar-refractivity contribution >= 4 is 0 Å². The first kappa shape index (κ1) is 19.5. The van der Waals surface area contributed by atoms with Gasteiger partial charge in [-0.3, -0.25) is 0 Å². The SMILES string of the molecule is CCCCCC1CCC2CC(c3cc4c(cc3F)CC(C)CC4)CCC2C1. The Morgan fingerprint density at radius 2 is 1.74 bits per heavy atom. The van der Waals surface area contributed by atoms with E-state index in [-0.39, 0.29) is 5.82 Å². The average molecular weight is 371 g/mol. The lowest BCUT2D eigenvalue weighted by atomic mass is 9.63. The van der Waals surface area contributed by atoms with E-state index in [1.54, 1.807) is 0 Å². The van der Waals surface area contributed by atoms with E-state index < -0.39 is 0 Å². The average Bonchev–Trinajstić information content (AvgIpc) is 2.67. The maximum Gasteiger partial charge on any atom is 0.126 e. The van der Waals surface area contributed by atoms with Gasteiger partial charge in [-0.2, -0.15) is 0 Å². The van der Waals surface area contributed by atoms with Gasteiger partial charge >= 0.3 is 0 Å². The van der Waals surface area contributed by atoms with Gasteiger partial charge in [-0.25, -0.2) is 4.39 Å². The highest BCUT2D eigenvalue weighted by atomic mass is 19.1. The van der Waals surface area contributed by atoms with Crippen molar-refractivity contribution in [1.29, 1.82) is 0 Å². The van der Waals surface area contributed by atoms with Crippen molar-refractivity contribution in [2.45, 2.75) is 103 Å². The summed E-state index contributed by atoms with van der Waals surface area (Å²) in [7, 11) is 0. The number of benzene rings is 1. The summed E-state index contributed by atoms with van der Waals surface area (Å²) in [5.41, 5.74) is 3.80. The van der Waals surface area contributed by atoms with Gasteiger partial charge in [0.2, 0.25) is 0 Å². The fourth-order valence-corrected chi connectivity index (χ4v) is 6.51. The summed E-state index contributed by atoms with van der Waals surface area (Å²) in [6, 6.07) is 4.18. The molecule has 5 unspecified atom stereocenters. The fraction of sp³-hybridized carbons (Fsp3) is 0.769. The number of aryl methyl sites for hydroxylation is 1.